The molecule has 1 atom stereocenters. The molecule has 0 saturated heterocycles. The second-order valence-electron chi connectivity index (χ2n) is 4.96. The average Bonchev–Trinajstić information content (AvgIpc) is 2.98. The lowest BCUT2D eigenvalue weighted by Gasteiger charge is -2.30. The molecule has 102 valence electrons. The number of fused-ring (bicyclic) bond motifs is 1. The first-order valence-corrected chi connectivity index (χ1v) is 7.26. The number of aryl methyl sites for hydroxylation is 1. The van der Waals surface area contributed by atoms with E-state index in [4.69, 9.17) is 4.74 Å². The van der Waals surface area contributed by atoms with Crippen molar-refractivity contribution in [2.24, 2.45) is 7.05 Å². The van der Waals surface area contributed by atoms with Gasteiger partial charge in [-0.05, 0) is 0 Å². The molecule has 0 aliphatic carbocycles. The highest BCUT2D eigenvalue weighted by atomic mass is 32.1. The Morgan fingerprint density at radius 2 is 2.42 bits per heavy atom. The molecule has 1 aliphatic rings. The van der Waals surface area contributed by atoms with Crippen LogP contribution in [0, 0.1) is 0 Å². The van der Waals surface area contributed by atoms with Crippen molar-refractivity contribution in [3.8, 4) is 0 Å². The van der Waals surface area contributed by atoms with Gasteiger partial charge in [-0.2, -0.15) is 5.10 Å². The minimum absolute atomic E-state index is 0.356. The molecule has 5 nitrogen and oxygen atoms in total. The molecule has 2 aromatic heterocycles. The van der Waals surface area contributed by atoms with Gasteiger partial charge in [-0.25, -0.2) is 4.98 Å². The zero-order chi connectivity index (χ0) is 13.2. The lowest BCUT2D eigenvalue weighted by molar-refractivity contribution is 0.134. The summed E-state index contributed by atoms with van der Waals surface area (Å²) in [7, 11) is 3.73. The van der Waals surface area contributed by atoms with Crippen LogP contribution in [0.2, 0.25) is 0 Å². The van der Waals surface area contributed by atoms with Gasteiger partial charge in [0.1, 0.15) is 5.01 Å². The average molecular weight is 278 g/mol. The lowest BCUT2D eigenvalue weighted by atomic mass is 9.97. The summed E-state index contributed by atoms with van der Waals surface area (Å²) >= 11 is 1.71. The van der Waals surface area contributed by atoms with E-state index in [2.05, 4.69) is 21.2 Å². The predicted molar refractivity (Wildman–Crippen MR) is 74.1 cm³/mol. The molecule has 19 heavy (non-hydrogen) atoms. The normalized spacial score (nSPS) is 19.6. The van der Waals surface area contributed by atoms with Gasteiger partial charge in [-0.15, -0.1) is 11.3 Å². The van der Waals surface area contributed by atoms with Gasteiger partial charge in [-0.1, -0.05) is 0 Å². The highest BCUT2D eigenvalue weighted by molar-refractivity contribution is 7.09. The molecule has 0 spiro atoms. The van der Waals surface area contributed by atoms with Gasteiger partial charge < -0.3 is 4.74 Å². The van der Waals surface area contributed by atoms with Crippen molar-refractivity contribution in [1.82, 2.24) is 19.7 Å². The number of aromatic nitrogens is 3. The minimum Gasteiger partial charge on any atom is -0.384 e. The summed E-state index contributed by atoms with van der Waals surface area (Å²) in [6.07, 6.45) is 3.98. The van der Waals surface area contributed by atoms with E-state index in [1.165, 1.54) is 16.3 Å². The third-order valence-electron chi connectivity index (χ3n) is 3.41. The topological polar surface area (TPSA) is 43.2 Å². The Labute approximate surface area is 116 Å². The first-order chi connectivity index (χ1) is 9.26. The maximum Gasteiger partial charge on any atom is 0.107 e. The van der Waals surface area contributed by atoms with Crippen molar-refractivity contribution in [2.45, 2.75) is 19.0 Å². The third kappa shape index (κ3) is 2.70. The van der Waals surface area contributed by atoms with Crippen molar-refractivity contribution in [2.75, 3.05) is 20.3 Å². The molecule has 1 unspecified atom stereocenters. The maximum atomic E-state index is 5.34. The van der Waals surface area contributed by atoms with Crippen LogP contribution in [0.5, 0.6) is 0 Å². The number of nitrogens with zero attached hydrogens (tertiary/aromatic N) is 4. The van der Waals surface area contributed by atoms with Gasteiger partial charge in [-0.3, -0.25) is 9.58 Å². The highest BCUT2D eigenvalue weighted by Gasteiger charge is 2.28. The van der Waals surface area contributed by atoms with Crippen molar-refractivity contribution in [3.63, 3.8) is 0 Å². The van der Waals surface area contributed by atoms with E-state index in [1.807, 2.05) is 23.3 Å². The summed E-state index contributed by atoms with van der Waals surface area (Å²) in [6.45, 7) is 3.56. The Bertz CT molecular complexity index is 537. The molecule has 0 aromatic carbocycles. The molecular formula is C13H18N4OS. The number of hydrogen-bond acceptors (Lipinski definition) is 5. The molecule has 1 aliphatic heterocycles. The summed E-state index contributed by atoms with van der Waals surface area (Å²) in [5, 5.41) is 7.78. The van der Waals surface area contributed by atoms with Gasteiger partial charge in [0.15, 0.2) is 0 Å². The molecule has 0 N–H and O–H groups in total. The van der Waals surface area contributed by atoms with E-state index in [0.29, 0.717) is 5.92 Å². The molecule has 0 bridgehead atoms. The fourth-order valence-corrected chi connectivity index (χ4v) is 3.36. The van der Waals surface area contributed by atoms with Crippen LogP contribution in [0.4, 0.5) is 0 Å². The van der Waals surface area contributed by atoms with Crippen molar-refractivity contribution in [3.05, 3.63) is 34.0 Å². The zero-order valence-corrected chi connectivity index (χ0v) is 12.1. The first-order valence-electron chi connectivity index (χ1n) is 6.38. The molecule has 2 aromatic rings. The highest BCUT2D eigenvalue weighted by Crippen LogP contribution is 2.28. The van der Waals surface area contributed by atoms with Crippen molar-refractivity contribution < 1.29 is 4.74 Å². The largest absolute Gasteiger partial charge is 0.384 e. The van der Waals surface area contributed by atoms with Crippen LogP contribution in [0.15, 0.2) is 17.8 Å². The van der Waals surface area contributed by atoms with Gasteiger partial charge in [0.2, 0.25) is 0 Å². The molecule has 0 radical (unpaired) electrons. The monoisotopic (exact) mass is 278 g/mol. The van der Waals surface area contributed by atoms with E-state index in [-0.39, 0.29) is 0 Å². The van der Waals surface area contributed by atoms with E-state index < -0.39 is 0 Å². The summed E-state index contributed by atoms with van der Waals surface area (Å²) in [5.74, 6) is 0.356. The van der Waals surface area contributed by atoms with E-state index in [1.54, 1.807) is 18.4 Å². The van der Waals surface area contributed by atoms with Gasteiger partial charge in [0, 0.05) is 56.5 Å². The Kier molecular flexibility index (Phi) is 3.63. The van der Waals surface area contributed by atoms with Crippen LogP contribution in [0.3, 0.4) is 0 Å². The third-order valence-corrected chi connectivity index (χ3v) is 4.17. The number of methoxy groups -OCH3 is 1. The molecular weight excluding hydrogens is 260 g/mol. The van der Waals surface area contributed by atoms with Gasteiger partial charge >= 0.3 is 0 Å². The fraction of sp³-hybridized carbons (Fsp3) is 0.538. The summed E-state index contributed by atoms with van der Waals surface area (Å²) in [6, 6.07) is 0. The van der Waals surface area contributed by atoms with Crippen molar-refractivity contribution in [1.29, 1.82) is 0 Å². The van der Waals surface area contributed by atoms with Gasteiger partial charge in [0.05, 0.1) is 18.8 Å². The molecule has 0 saturated carbocycles. The molecule has 0 amide bonds. The first kappa shape index (κ1) is 12.8. The molecule has 0 fully saturated rings. The van der Waals surface area contributed by atoms with Crippen LogP contribution in [0.1, 0.15) is 22.2 Å². The quantitative estimate of drug-likeness (QED) is 0.852. The van der Waals surface area contributed by atoms with E-state index in [9.17, 15) is 0 Å². The Morgan fingerprint density at radius 1 is 1.53 bits per heavy atom. The van der Waals surface area contributed by atoms with Crippen LogP contribution in [0.25, 0.3) is 0 Å². The van der Waals surface area contributed by atoms with Gasteiger partial charge in [0.25, 0.3) is 0 Å². The van der Waals surface area contributed by atoms with Crippen molar-refractivity contribution >= 4 is 11.3 Å². The molecule has 3 rings (SSSR count). The Morgan fingerprint density at radius 3 is 3.16 bits per heavy atom. The smallest absolute Gasteiger partial charge is 0.107 e. The number of rotatable bonds is 4. The number of ether oxygens (including phenoxy) is 1. The second-order valence-corrected chi connectivity index (χ2v) is 5.94. The van der Waals surface area contributed by atoms with Crippen LogP contribution in [-0.4, -0.2) is 39.9 Å². The van der Waals surface area contributed by atoms with E-state index >= 15 is 0 Å². The Hall–Kier alpha value is -1.24. The van der Waals surface area contributed by atoms with E-state index in [0.717, 1.165) is 26.2 Å². The fourth-order valence-electron chi connectivity index (χ4n) is 2.70. The molecule has 3 heterocycles. The Balaban J connectivity index is 1.79. The SMILES string of the molecule is COCC1CN(Cc2nccs2)Cc2cn(C)nc21. The summed E-state index contributed by atoms with van der Waals surface area (Å²) in [5.41, 5.74) is 2.51. The van der Waals surface area contributed by atoms with Crippen LogP contribution < -0.4 is 0 Å². The standard InChI is InChI=1S/C13H18N4OS/c1-16-5-10-6-17(8-12-14-3-4-19-12)7-11(9-18-2)13(10)15-16/h3-5,11H,6-9H2,1-2H3. The molecule has 6 heteroatoms. The number of hydrogen-bond donors (Lipinski definition) is 0. The van der Waals surface area contributed by atoms with Crippen LogP contribution >= 0.6 is 11.3 Å². The van der Waals surface area contributed by atoms with Crippen LogP contribution in [-0.2, 0) is 24.9 Å². The second kappa shape index (κ2) is 5.40. The lowest BCUT2D eigenvalue weighted by Crippen LogP contribution is -2.34. The number of thiazole rings is 1. The predicted octanol–water partition coefficient (Wildman–Crippen LogP) is 1.62. The maximum absolute atomic E-state index is 5.34. The minimum atomic E-state index is 0.356. The summed E-state index contributed by atoms with van der Waals surface area (Å²) in [4.78, 5) is 6.79. The summed E-state index contributed by atoms with van der Waals surface area (Å²) < 4.78 is 7.25. The zero-order valence-electron chi connectivity index (χ0n) is 11.2.